The zero-order valence-electron chi connectivity index (χ0n) is 14.3. The van der Waals surface area contributed by atoms with E-state index in [0.717, 1.165) is 5.56 Å². The van der Waals surface area contributed by atoms with Crippen molar-refractivity contribution in [2.24, 2.45) is 10.7 Å². The lowest BCUT2D eigenvalue weighted by molar-refractivity contribution is 0.311. The van der Waals surface area contributed by atoms with Crippen LogP contribution in [0.5, 0.6) is 11.5 Å². The van der Waals surface area contributed by atoms with E-state index in [2.05, 4.69) is 10.3 Å². The molecule has 1 aliphatic rings. The second-order valence-electron chi connectivity index (χ2n) is 5.72. The van der Waals surface area contributed by atoms with Gasteiger partial charge in [0.25, 0.3) is 0 Å². The number of aliphatic imine (C=N–C) groups is 1. The molecule has 0 aliphatic heterocycles. The van der Waals surface area contributed by atoms with E-state index >= 15 is 0 Å². The molecule has 3 N–H and O–H groups in total. The summed E-state index contributed by atoms with van der Waals surface area (Å²) < 4.78 is 10.9. The Bertz CT molecular complexity index is 549. The van der Waals surface area contributed by atoms with Crippen LogP contribution >= 0.6 is 35.6 Å². The molecule has 0 amide bonds. The monoisotopic (exact) mass is 467 g/mol. The first-order valence-electron chi connectivity index (χ1n) is 8.19. The predicted molar refractivity (Wildman–Crippen MR) is 110 cm³/mol. The maximum atomic E-state index is 6.26. The average molecular weight is 468 g/mol. The van der Waals surface area contributed by atoms with Gasteiger partial charge < -0.3 is 20.5 Å². The number of hydrogen-bond donors (Lipinski definition) is 2. The number of ether oxygens (including phenoxy) is 2. The third-order valence-corrected chi connectivity index (χ3v) is 4.25. The average Bonchev–Trinajstić information content (AvgIpc) is 2.56. The van der Waals surface area contributed by atoms with Crippen LogP contribution in [0.15, 0.2) is 17.1 Å². The lowest BCUT2D eigenvalue weighted by Gasteiger charge is -2.23. The van der Waals surface area contributed by atoms with E-state index in [0.29, 0.717) is 41.7 Å². The third-order valence-electron chi connectivity index (χ3n) is 3.97. The zero-order chi connectivity index (χ0) is 16.7. The Kier molecular flexibility index (Phi) is 9.58. The maximum absolute atomic E-state index is 6.26. The summed E-state index contributed by atoms with van der Waals surface area (Å²) in [7, 11) is 1.60. The molecule has 1 aromatic rings. The molecule has 0 saturated heterocycles. The highest BCUT2D eigenvalue weighted by Gasteiger charge is 2.14. The molecule has 136 valence electrons. The van der Waals surface area contributed by atoms with Crippen molar-refractivity contribution in [1.29, 1.82) is 0 Å². The Morgan fingerprint density at radius 2 is 2.04 bits per heavy atom. The Morgan fingerprint density at radius 3 is 2.67 bits per heavy atom. The van der Waals surface area contributed by atoms with Gasteiger partial charge in [0.1, 0.15) is 0 Å². The van der Waals surface area contributed by atoms with Crippen molar-refractivity contribution in [2.45, 2.75) is 51.6 Å². The van der Waals surface area contributed by atoms with Gasteiger partial charge in [0.15, 0.2) is 17.5 Å². The van der Waals surface area contributed by atoms with Gasteiger partial charge in [-0.05, 0) is 37.5 Å². The van der Waals surface area contributed by atoms with Crippen molar-refractivity contribution in [3.63, 3.8) is 0 Å². The second kappa shape index (κ2) is 10.9. The number of nitrogens with two attached hydrogens (primary N) is 1. The molecule has 24 heavy (non-hydrogen) atoms. The number of methoxy groups -OCH3 is 1. The summed E-state index contributed by atoms with van der Waals surface area (Å²) in [6.45, 7) is 2.89. The molecule has 0 aromatic heterocycles. The van der Waals surface area contributed by atoms with Gasteiger partial charge in [-0.2, -0.15) is 0 Å². The fourth-order valence-corrected chi connectivity index (χ4v) is 3.11. The summed E-state index contributed by atoms with van der Waals surface area (Å²) in [6, 6.07) is 4.17. The van der Waals surface area contributed by atoms with E-state index in [9.17, 15) is 0 Å². The van der Waals surface area contributed by atoms with E-state index in [-0.39, 0.29) is 24.0 Å². The first-order valence-corrected chi connectivity index (χ1v) is 8.57. The Labute approximate surface area is 166 Å². The summed E-state index contributed by atoms with van der Waals surface area (Å²) in [4.78, 5) is 4.41. The molecule has 2 rings (SSSR count). The van der Waals surface area contributed by atoms with Crippen LogP contribution in [-0.2, 0) is 6.54 Å². The first kappa shape index (κ1) is 21.2. The fourth-order valence-electron chi connectivity index (χ4n) is 2.83. The molecule has 1 aromatic carbocycles. The van der Waals surface area contributed by atoms with Crippen molar-refractivity contribution in [2.75, 3.05) is 13.7 Å². The number of nitrogens with zero attached hydrogens (tertiary/aromatic N) is 1. The molecule has 0 heterocycles. The fraction of sp³-hybridized carbons (Fsp3) is 0.588. The van der Waals surface area contributed by atoms with E-state index in [4.69, 9.17) is 26.8 Å². The zero-order valence-corrected chi connectivity index (χ0v) is 17.4. The maximum Gasteiger partial charge on any atom is 0.189 e. The van der Waals surface area contributed by atoms with Crippen LogP contribution in [0.2, 0.25) is 5.02 Å². The highest BCUT2D eigenvalue weighted by atomic mass is 127. The Balaban J connectivity index is 0.00000288. The highest BCUT2D eigenvalue weighted by Crippen LogP contribution is 2.36. The number of hydrogen-bond acceptors (Lipinski definition) is 3. The summed E-state index contributed by atoms with van der Waals surface area (Å²) in [5.41, 5.74) is 6.92. The largest absolute Gasteiger partial charge is 0.493 e. The number of rotatable bonds is 6. The van der Waals surface area contributed by atoms with Gasteiger partial charge in [-0.3, -0.25) is 0 Å². The lowest BCUT2D eigenvalue weighted by atomic mass is 9.96. The molecule has 1 aliphatic carbocycles. The van der Waals surface area contributed by atoms with Gasteiger partial charge in [-0.1, -0.05) is 30.9 Å². The van der Waals surface area contributed by atoms with E-state index in [1.165, 1.54) is 32.1 Å². The SMILES string of the molecule is CCOc1c(Cl)cc(CN=C(N)NC2CCCCC2)cc1OC.I. The van der Waals surface area contributed by atoms with Crippen LogP contribution in [0.4, 0.5) is 0 Å². The minimum Gasteiger partial charge on any atom is -0.493 e. The van der Waals surface area contributed by atoms with Gasteiger partial charge in [-0.25, -0.2) is 4.99 Å². The minimum atomic E-state index is 0. The number of halogens is 2. The Morgan fingerprint density at radius 1 is 1.33 bits per heavy atom. The molecule has 1 saturated carbocycles. The van der Waals surface area contributed by atoms with E-state index < -0.39 is 0 Å². The number of guanidine groups is 1. The van der Waals surface area contributed by atoms with Gasteiger partial charge in [0.05, 0.1) is 25.3 Å². The standard InChI is InChI=1S/C17H26ClN3O2.HI/c1-3-23-16-14(18)9-12(10-15(16)22-2)11-20-17(19)21-13-7-5-4-6-8-13;/h9-10,13H,3-8,11H2,1-2H3,(H3,19,20,21);1H. The number of benzene rings is 1. The van der Waals surface area contributed by atoms with Crippen molar-refractivity contribution in [3.8, 4) is 11.5 Å². The normalized spacial score (nSPS) is 15.5. The summed E-state index contributed by atoms with van der Waals surface area (Å²) in [6.07, 6.45) is 6.17. The van der Waals surface area contributed by atoms with Crippen LogP contribution in [0.3, 0.4) is 0 Å². The topological polar surface area (TPSA) is 68.9 Å². The van der Waals surface area contributed by atoms with Crippen molar-refractivity contribution < 1.29 is 9.47 Å². The molecule has 7 heteroatoms. The molecule has 0 atom stereocenters. The van der Waals surface area contributed by atoms with E-state index in [1.54, 1.807) is 7.11 Å². The molecule has 5 nitrogen and oxygen atoms in total. The van der Waals surface area contributed by atoms with Crippen LogP contribution in [-0.4, -0.2) is 25.7 Å². The molecular formula is C17H27ClIN3O2. The van der Waals surface area contributed by atoms with Crippen LogP contribution in [0.1, 0.15) is 44.6 Å². The molecule has 0 spiro atoms. The van der Waals surface area contributed by atoms with Crippen LogP contribution in [0, 0.1) is 0 Å². The minimum absolute atomic E-state index is 0. The van der Waals surface area contributed by atoms with Gasteiger partial charge in [0.2, 0.25) is 0 Å². The third kappa shape index (κ3) is 6.20. The molecular weight excluding hydrogens is 441 g/mol. The molecule has 0 unspecified atom stereocenters. The van der Waals surface area contributed by atoms with Gasteiger partial charge in [-0.15, -0.1) is 24.0 Å². The lowest BCUT2D eigenvalue weighted by Crippen LogP contribution is -2.41. The molecule has 0 bridgehead atoms. The van der Waals surface area contributed by atoms with Gasteiger partial charge in [0, 0.05) is 6.04 Å². The molecule has 0 radical (unpaired) electrons. The number of nitrogens with one attached hydrogen (secondary N) is 1. The smallest absolute Gasteiger partial charge is 0.189 e. The first-order chi connectivity index (χ1) is 11.1. The van der Waals surface area contributed by atoms with Crippen molar-refractivity contribution in [1.82, 2.24) is 5.32 Å². The van der Waals surface area contributed by atoms with Crippen molar-refractivity contribution in [3.05, 3.63) is 22.7 Å². The van der Waals surface area contributed by atoms with Crippen LogP contribution in [0.25, 0.3) is 0 Å². The van der Waals surface area contributed by atoms with Crippen molar-refractivity contribution >= 4 is 41.5 Å². The highest BCUT2D eigenvalue weighted by molar-refractivity contribution is 14.0. The van der Waals surface area contributed by atoms with Gasteiger partial charge >= 0.3 is 0 Å². The second-order valence-corrected chi connectivity index (χ2v) is 6.13. The molecule has 1 fully saturated rings. The van der Waals surface area contributed by atoms with E-state index in [1.807, 2.05) is 19.1 Å². The Hall–Kier alpha value is -0.890. The van der Waals surface area contributed by atoms with Crippen LogP contribution < -0.4 is 20.5 Å². The summed E-state index contributed by atoms with van der Waals surface area (Å²) in [5.74, 6) is 1.67. The quantitative estimate of drug-likeness (QED) is 0.375. The summed E-state index contributed by atoms with van der Waals surface area (Å²) >= 11 is 6.26. The predicted octanol–water partition coefficient (Wildman–Crippen LogP) is 4.10. The summed E-state index contributed by atoms with van der Waals surface area (Å²) in [5, 5.41) is 3.83.